The van der Waals surface area contributed by atoms with E-state index in [1.165, 1.54) is 0 Å². The van der Waals surface area contributed by atoms with E-state index in [2.05, 4.69) is 0 Å². The minimum absolute atomic E-state index is 0.0129. The van der Waals surface area contributed by atoms with Crippen LogP contribution in [-0.2, 0) is 11.3 Å². The third-order valence-corrected chi connectivity index (χ3v) is 2.50. The van der Waals surface area contributed by atoms with Crippen molar-refractivity contribution in [3.8, 4) is 0 Å². The molecule has 1 aromatic rings. The Balaban J connectivity index is 2.58. The molecular weight excluding hydrogens is 190 g/mol. The van der Waals surface area contributed by atoms with Crippen molar-refractivity contribution in [3.63, 3.8) is 0 Å². The Hall–Kier alpha value is -1.38. The molecule has 0 aliphatic rings. The van der Waals surface area contributed by atoms with Crippen molar-refractivity contribution in [2.24, 2.45) is 0 Å². The van der Waals surface area contributed by atoms with Crippen molar-refractivity contribution in [1.29, 1.82) is 0 Å². The summed E-state index contributed by atoms with van der Waals surface area (Å²) in [4.78, 5) is 22.5. The summed E-state index contributed by atoms with van der Waals surface area (Å²) in [5.74, 6) is 0.261. The Labute approximate surface area is 89.7 Å². The highest BCUT2D eigenvalue weighted by Gasteiger charge is 2.01. The molecule has 0 saturated carbocycles. The van der Waals surface area contributed by atoms with Gasteiger partial charge in [-0.05, 0) is 19.4 Å². The summed E-state index contributed by atoms with van der Waals surface area (Å²) in [5, 5.41) is 0. The molecule has 0 radical (unpaired) electrons. The maximum Gasteiger partial charge on any atom is 0.250 e. The van der Waals surface area contributed by atoms with E-state index in [0.717, 1.165) is 12.1 Å². The molecule has 0 aromatic carbocycles. The van der Waals surface area contributed by atoms with Crippen LogP contribution in [0.1, 0.15) is 31.9 Å². The van der Waals surface area contributed by atoms with Crippen LogP contribution < -0.4 is 5.56 Å². The molecule has 1 rings (SSSR count). The van der Waals surface area contributed by atoms with E-state index in [1.807, 2.05) is 19.9 Å². The van der Waals surface area contributed by atoms with E-state index in [1.54, 1.807) is 16.7 Å². The lowest BCUT2D eigenvalue weighted by molar-refractivity contribution is -0.118. The fourth-order valence-electron chi connectivity index (χ4n) is 1.52. The Morgan fingerprint density at radius 3 is 2.73 bits per heavy atom. The number of pyridine rings is 1. The van der Waals surface area contributed by atoms with Crippen LogP contribution in [0.5, 0.6) is 0 Å². The normalized spacial score (nSPS) is 10.3. The van der Waals surface area contributed by atoms with E-state index in [4.69, 9.17) is 0 Å². The zero-order chi connectivity index (χ0) is 11.3. The molecule has 0 aliphatic heterocycles. The molecule has 0 unspecified atom stereocenters. The molecule has 0 aliphatic carbocycles. The van der Waals surface area contributed by atoms with Crippen LogP contribution in [0.2, 0.25) is 0 Å². The first kappa shape index (κ1) is 11.7. The molecule has 0 N–H and O–H groups in total. The average Bonchev–Trinajstić information content (AvgIpc) is 2.22. The number of nitrogens with zero attached hydrogens (tertiary/aromatic N) is 1. The predicted molar refractivity (Wildman–Crippen MR) is 60.0 cm³/mol. The van der Waals surface area contributed by atoms with Gasteiger partial charge in [0.15, 0.2) is 0 Å². The van der Waals surface area contributed by atoms with Crippen LogP contribution in [-0.4, -0.2) is 10.4 Å². The number of aryl methyl sites for hydroxylation is 1. The van der Waals surface area contributed by atoms with E-state index in [-0.39, 0.29) is 11.3 Å². The summed E-state index contributed by atoms with van der Waals surface area (Å²) < 4.78 is 1.71. The van der Waals surface area contributed by atoms with Gasteiger partial charge in [-0.25, -0.2) is 0 Å². The van der Waals surface area contributed by atoms with Gasteiger partial charge >= 0.3 is 0 Å². The first-order valence-electron chi connectivity index (χ1n) is 5.33. The molecule has 0 amide bonds. The lowest BCUT2D eigenvalue weighted by atomic mass is 10.2. The SMILES string of the molecule is CCC(=O)CCCn1c(C)cccc1=O. The summed E-state index contributed by atoms with van der Waals surface area (Å²) in [6.45, 7) is 4.41. The second kappa shape index (κ2) is 5.49. The van der Waals surface area contributed by atoms with Crippen molar-refractivity contribution in [2.75, 3.05) is 0 Å². The molecule has 0 bridgehead atoms. The van der Waals surface area contributed by atoms with Gasteiger partial charge in [0.25, 0.3) is 5.56 Å². The molecule has 1 aromatic heterocycles. The fourth-order valence-corrected chi connectivity index (χ4v) is 1.52. The lowest BCUT2D eigenvalue weighted by Crippen LogP contribution is -2.21. The minimum Gasteiger partial charge on any atom is -0.313 e. The van der Waals surface area contributed by atoms with Crippen molar-refractivity contribution in [2.45, 2.75) is 39.7 Å². The summed E-state index contributed by atoms with van der Waals surface area (Å²) in [7, 11) is 0. The standard InChI is InChI=1S/C12H17NO2/c1-3-11(14)7-5-9-13-10(2)6-4-8-12(13)15/h4,6,8H,3,5,7,9H2,1-2H3. The summed E-state index contributed by atoms with van der Waals surface area (Å²) in [5.41, 5.74) is 0.963. The highest BCUT2D eigenvalue weighted by atomic mass is 16.1. The van der Waals surface area contributed by atoms with E-state index in [0.29, 0.717) is 19.4 Å². The van der Waals surface area contributed by atoms with Gasteiger partial charge < -0.3 is 4.57 Å². The largest absolute Gasteiger partial charge is 0.313 e. The van der Waals surface area contributed by atoms with Gasteiger partial charge in [0.1, 0.15) is 5.78 Å². The third kappa shape index (κ3) is 3.35. The number of carbonyl (C=O) groups is 1. The molecule has 3 heteroatoms. The molecule has 0 fully saturated rings. The lowest BCUT2D eigenvalue weighted by Gasteiger charge is -2.08. The zero-order valence-corrected chi connectivity index (χ0v) is 9.32. The molecule has 0 spiro atoms. The van der Waals surface area contributed by atoms with E-state index < -0.39 is 0 Å². The van der Waals surface area contributed by atoms with E-state index in [9.17, 15) is 9.59 Å². The number of carbonyl (C=O) groups excluding carboxylic acids is 1. The smallest absolute Gasteiger partial charge is 0.250 e. The quantitative estimate of drug-likeness (QED) is 0.740. The van der Waals surface area contributed by atoms with Crippen LogP contribution in [0.3, 0.4) is 0 Å². The number of aromatic nitrogens is 1. The van der Waals surface area contributed by atoms with Crippen LogP contribution in [0.25, 0.3) is 0 Å². The Bertz CT molecular complexity index is 393. The zero-order valence-electron chi connectivity index (χ0n) is 9.32. The number of ketones is 1. The molecule has 3 nitrogen and oxygen atoms in total. The highest BCUT2D eigenvalue weighted by molar-refractivity contribution is 5.77. The molecule has 0 saturated heterocycles. The number of Topliss-reactive ketones (excluding diaryl/α,β-unsaturated/α-hetero) is 1. The molecule has 0 atom stereocenters. The van der Waals surface area contributed by atoms with Gasteiger partial charge in [-0.2, -0.15) is 0 Å². The van der Waals surface area contributed by atoms with Gasteiger partial charge in [-0.1, -0.05) is 13.0 Å². The maximum absolute atomic E-state index is 11.5. The van der Waals surface area contributed by atoms with Gasteiger partial charge in [0.2, 0.25) is 0 Å². The van der Waals surface area contributed by atoms with Gasteiger partial charge in [0, 0.05) is 31.1 Å². The second-order valence-corrected chi connectivity index (χ2v) is 3.65. The first-order valence-corrected chi connectivity index (χ1v) is 5.33. The fraction of sp³-hybridized carbons (Fsp3) is 0.500. The summed E-state index contributed by atoms with van der Waals surface area (Å²) >= 11 is 0. The monoisotopic (exact) mass is 207 g/mol. The third-order valence-electron chi connectivity index (χ3n) is 2.50. The van der Waals surface area contributed by atoms with Crippen LogP contribution in [0.4, 0.5) is 0 Å². The van der Waals surface area contributed by atoms with Crippen LogP contribution in [0, 0.1) is 6.92 Å². The van der Waals surface area contributed by atoms with Crippen molar-refractivity contribution >= 4 is 5.78 Å². The Morgan fingerprint density at radius 1 is 1.40 bits per heavy atom. The molecule has 1 heterocycles. The summed E-state index contributed by atoms with van der Waals surface area (Å²) in [6.07, 6.45) is 1.90. The average molecular weight is 207 g/mol. The number of rotatable bonds is 5. The predicted octanol–water partition coefficient (Wildman–Crippen LogP) is 1.92. The van der Waals surface area contributed by atoms with Crippen molar-refractivity contribution in [1.82, 2.24) is 4.57 Å². The molecule has 15 heavy (non-hydrogen) atoms. The topological polar surface area (TPSA) is 39.1 Å². The second-order valence-electron chi connectivity index (χ2n) is 3.65. The van der Waals surface area contributed by atoms with Crippen LogP contribution >= 0.6 is 0 Å². The summed E-state index contributed by atoms with van der Waals surface area (Å²) in [6, 6.07) is 5.21. The Kier molecular flexibility index (Phi) is 4.28. The van der Waals surface area contributed by atoms with E-state index >= 15 is 0 Å². The first-order chi connectivity index (χ1) is 7.15. The highest BCUT2D eigenvalue weighted by Crippen LogP contribution is 2.00. The molecular formula is C12H17NO2. The van der Waals surface area contributed by atoms with Gasteiger partial charge in [0.05, 0.1) is 0 Å². The number of hydrogen-bond acceptors (Lipinski definition) is 2. The molecule has 82 valence electrons. The number of hydrogen-bond donors (Lipinski definition) is 0. The van der Waals surface area contributed by atoms with Crippen LogP contribution in [0.15, 0.2) is 23.0 Å². The Morgan fingerprint density at radius 2 is 2.13 bits per heavy atom. The minimum atomic E-state index is 0.0129. The maximum atomic E-state index is 11.5. The van der Waals surface area contributed by atoms with Gasteiger partial charge in [-0.3, -0.25) is 9.59 Å². The van der Waals surface area contributed by atoms with Gasteiger partial charge in [-0.15, -0.1) is 0 Å². The van der Waals surface area contributed by atoms with Crippen molar-refractivity contribution < 1.29 is 4.79 Å². The van der Waals surface area contributed by atoms with Crippen molar-refractivity contribution in [3.05, 3.63) is 34.2 Å².